The number of thiazole rings is 1. The van der Waals surface area contributed by atoms with E-state index < -0.39 is 58.3 Å². The van der Waals surface area contributed by atoms with E-state index in [1.54, 1.807) is 33.2 Å². The van der Waals surface area contributed by atoms with Crippen LogP contribution in [0, 0.1) is 34.9 Å². The molecule has 1 aromatic carbocycles. The number of hydrogen-bond acceptors (Lipinski definition) is 8. The van der Waals surface area contributed by atoms with Crippen LogP contribution in [0.2, 0.25) is 0 Å². The molecule has 208 valence electrons. The summed E-state index contributed by atoms with van der Waals surface area (Å²) in [5.74, 6) is -3.07. The van der Waals surface area contributed by atoms with Gasteiger partial charge in [-0.1, -0.05) is 26.8 Å². The molecule has 0 spiro atoms. The predicted octanol–water partition coefficient (Wildman–Crippen LogP) is 2.38. The number of aryl methyl sites for hydroxylation is 1. The summed E-state index contributed by atoms with van der Waals surface area (Å²) >= 11 is 1.25. The highest BCUT2D eigenvalue weighted by molar-refractivity contribution is 7.13. The number of aromatic hydroxyl groups is 1. The monoisotopic (exact) mass is 557 g/mol. The number of nitrogens with one attached hydrogen (secondary N) is 2. The molecule has 1 aliphatic heterocycles. The van der Waals surface area contributed by atoms with Crippen molar-refractivity contribution in [2.75, 3.05) is 6.54 Å². The SMILES string of the molecule is Cc1ncsc1-c1ccc(CNC(=O)[C@@H]2C[C@@H](O)CN2C(=O)[C@@H](NC(=O)C2(C#N)CC2)C(C)(C)C)c(O)c1F. The summed E-state index contributed by atoms with van der Waals surface area (Å²) in [7, 11) is 0. The number of amides is 3. The minimum absolute atomic E-state index is 0.0194. The van der Waals surface area contributed by atoms with E-state index in [1.165, 1.54) is 28.4 Å². The highest BCUT2D eigenvalue weighted by Crippen LogP contribution is 2.45. The number of nitrogens with zero attached hydrogens (tertiary/aromatic N) is 3. The molecule has 1 aliphatic carbocycles. The molecule has 12 heteroatoms. The lowest BCUT2D eigenvalue weighted by atomic mass is 9.85. The third kappa shape index (κ3) is 5.60. The lowest BCUT2D eigenvalue weighted by Crippen LogP contribution is -2.58. The molecule has 3 amide bonds. The van der Waals surface area contributed by atoms with Crippen molar-refractivity contribution in [3.63, 3.8) is 0 Å². The maximum Gasteiger partial charge on any atom is 0.246 e. The van der Waals surface area contributed by atoms with Gasteiger partial charge in [0, 0.05) is 30.6 Å². The van der Waals surface area contributed by atoms with E-state index in [4.69, 9.17) is 0 Å². The first-order valence-corrected chi connectivity index (χ1v) is 13.6. The van der Waals surface area contributed by atoms with E-state index in [0.717, 1.165) is 0 Å². The van der Waals surface area contributed by atoms with Gasteiger partial charge in [0.1, 0.15) is 17.5 Å². The minimum atomic E-state index is -1.13. The lowest BCUT2D eigenvalue weighted by molar-refractivity contribution is -0.144. The Labute approximate surface area is 229 Å². The molecule has 2 heterocycles. The third-order valence-electron chi connectivity index (χ3n) is 7.29. The number of benzene rings is 1. The molecule has 1 saturated heterocycles. The summed E-state index contributed by atoms with van der Waals surface area (Å²) < 4.78 is 14.9. The van der Waals surface area contributed by atoms with Crippen molar-refractivity contribution in [3.05, 3.63) is 34.7 Å². The second-order valence-electron chi connectivity index (χ2n) is 11.3. The van der Waals surface area contributed by atoms with Gasteiger partial charge in [0.15, 0.2) is 11.6 Å². The van der Waals surface area contributed by atoms with Crippen molar-refractivity contribution >= 4 is 29.1 Å². The van der Waals surface area contributed by atoms with Crippen LogP contribution in [0.15, 0.2) is 17.6 Å². The molecule has 1 saturated carbocycles. The van der Waals surface area contributed by atoms with Gasteiger partial charge in [0.25, 0.3) is 0 Å². The van der Waals surface area contributed by atoms with E-state index in [1.807, 2.05) is 6.07 Å². The molecule has 1 aromatic heterocycles. The van der Waals surface area contributed by atoms with E-state index >= 15 is 0 Å². The standard InChI is InChI=1S/C27H32FN5O5S/c1-14-21(39-13-31-14)17-6-5-15(20(35)19(17)28)10-30-23(36)18-9-16(34)11-33(18)24(37)22(26(2,3)4)32-25(38)27(12-29)7-8-27/h5-6,13,16,18,22,34-35H,7-11H2,1-4H3,(H,30,36)(H,32,38)/t16-,18+,22-/m1/s1. The van der Waals surface area contributed by atoms with Gasteiger partial charge in [0.05, 0.1) is 28.3 Å². The number of β-amino-alcohol motifs (C(OH)–C–C–N with tert-alkyl or cyclic N) is 1. The first-order chi connectivity index (χ1) is 18.3. The Kier molecular flexibility index (Phi) is 7.69. The fourth-order valence-corrected chi connectivity index (χ4v) is 5.51. The number of hydrogen-bond donors (Lipinski definition) is 4. The van der Waals surface area contributed by atoms with Crippen LogP contribution in [0.3, 0.4) is 0 Å². The summed E-state index contributed by atoms with van der Waals surface area (Å²) in [6.45, 7) is 6.71. The van der Waals surface area contributed by atoms with Gasteiger partial charge in [0.2, 0.25) is 17.7 Å². The van der Waals surface area contributed by atoms with Gasteiger partial charge in [-0.25, -0.2) is 9.37 Å². The number of aliphatic hydroxyl groups is 1. The highest BCUT2D eigenvalue weighted by Gasteiger charge is 2.53. The van der Waals surface area contributed by atoms with Crippen molar-refractivity contribution in [3.8, 4) is 22.3 Å². The number of carbonyl (C=O) groups is 3. The van der Waals surface area contributed by atoms with E-state index in [9.17, 15) is 34.2 Å². The van der Waals surface area contributed by atoms with Crippen LogP contribution in [-0.4, -0.2) is 62.6 Å². The summed E-state index contributed by atoms with van der Waals surface area (Å²) in [6.07, 6.45) is -0.130. The highest BCUT2D eigenvalue weighted by atomic mass is 32.1. The van der Waals surface area contributed by atoms with E-state index in [0.29, 0.717) is 23.4 Å². The number of rotatable bonds is 7. The number of nitriles is 1. The van der Waals surface area contributed by atoms with Crippen LogP contribution in [0.25, 0.3) is 10.4 Å². The van der Waals surface area contributed by atoms with E-state index in [2.05, 4.69) is 15.6 Å². The van der Waals surface area contributed by atoms with Gasteiger partial charge in [-0.15, -0.1) is 11.3 Å². The Morgan fingerprint density at radius 2 is 2.03 bits per heavy atom. The normalized spacial score (nSPS) is 20.7. The van der Waals surface area contributed by atoms with Crippen LogP contribution >= 0.6 is 11.3 Å². The summed E-state index contributed by atoms with van der Waals surface area (Å²) in [5.41, 5.74) is 0.702. The fourth-order valence-electron chi connectivity index (χ4n) is 4.69. The van der Waals surface area contributed by atoms with Crippen LogP contribution in [0.5, 0.6) is 5.75 Å². The topological polar surface area (TPSA) is 156 Å². The molecular weight excluding hydrogens is 525 g/mol. The lowest BCUT2D eigenvalue weighted by Gasteiger charge is -2.35. The molecule has 39 heavy (non-hydrogen) atoms. The molecule has 4 N–H and O–H groups in total. The summed E-state index contributed by atoms with van der Waals surface area (Å²) in [4.78, 5) is 45.5. The Balaban J connectivity index is 1.48. The molecule has 0 unspecified atom stereocenters. The van der Waals surface area contributed by atoms with Crippen LogP contribution < -0.4 is 10.6 Å². The van der Waals surface area contributed by atoms with Crippen LogP contribution in [0.4, 0.5) is 4.39 Å². The molecule has 10 nitrogen and oxygen atoms in total. The summed E-state index contributed by atoms with van der Waals surface area (Å²) in [6, 6.07) is 2.97. The third-order valence-corrected chi connectivity index (χ3v) is 8.26. The molecule has 2 aliphatic rings. The van der Waals surface area contributed by atoms with Crippen molar-refractivity contribution in [1.29, 1.82) is 5.26 Å². The molecular formula is C27H32FN5O5S. The zero-order valence-electron chi connectivity index (χ0n) is 22.2. The molecule has 0 bridgehead atoms. The Hall–Kier alpha value is -3.56. The summed E-state index contributed by atoms with van der Waals surface area (Å²) in [5, 5.41) is 35.5. The zero-order chi connectivity index (χ0) is 28.7. The second-order valence-corrected chi connectivity index (χ2v) is 12.1. The van der Waals surface area contributed by atoms with Crippen molar-refractivity contribution in [1.82, 2.24) is 20.5 Å². The van der Waals surface area contributed by atoms with Crippen LogP contribution in [-0.2, 0) is 20.9 Å². The molecule has 2 fully saturated rings. The number of phenolic OH excluding ortho intramolecular Hbond substituents is 1. The van der Waals surface area contributed by atoms with Gasteiger partial charge in [-0.3, -0.25) is 14.4 Å². The fraction of sp³-hybridized carbons (Fsp3) is 0.519. The Morgan fingerprint density at radius 1 is 1.33 bits per heavy atom. The number of likely N-dealkylation sites (tertiary alicyclic amines) is 1. The average molecular weight is 558 g/mol. The molecule has 3 atom stereocenters. The van der Waals surface area contributed by atoms with Crippen molar-refractivity contribution in [2.24, 2.45) is 10.8 Å². The van der Waals surface area contributed by atoms with Gasteiger partial charge < -0.3 is 25.7 Å². The molecule has 0 radical (unpaired) electrons. The van der Waals surface area contributed by atoms with Crippen LogP contribution in [0.1, 0.15) is 51.3 Å². The maximum absolute atomic E-state index is 14.9. The van der Waals surface area contributed by atoms with Crippen molar-refractivity contribution in [2.45, 2.75) is 71.7 Å². The zero-order valence-corrected chi connectivity index (χ0v) is 23.1. The molecule has 2 aromatic rings. The smallest absolute Gasteiger partial charge is 0.246 e. The second kappa shape index (κ2) is 10.5. The molecule has 4 rings (SSSR count). The largest absolute Gasteiger partial charge is 0.505 e. The number of halogens is 1. The number of aromatic nitrogens is 1. The Morgan fingerprint density at radius 3 is 2.59 bits per heavy atom. The van der Waals surface area contributed by atoms with Gasteiger partial charge >= 0.3 is 0 Å². The van der Waals surface area contributed by atoms with E-state index in [-0.39, 0.29) is 30.6 Å². The van der Waals surface area contributed by atoms with Gasteiger partial charge in [-0.05, 0) is 31.2 Å². The maximum atomic E-state index is 14.9. The average Bonchev–Trinajstić information content (AvgIpc) is 3.42. The minimum Gasteiger partial charge on any atom is -0.505 e. The van der Waals surface area contributed by atoms with Crippen molar-refractivity contribution < 1.29 is 29.0 Å². The number of phenols is 1. The predicted molar refractivity (Wildman–Crippen MR) is 141 cm³/mol. The quantitative estimate of drug-likeness (QED) is 0.407. The Bertz CT molecular complexity index is 1340. The number of aliphatic hydroxyl groups excluding tert-OH is 1. The number of carbonyl (C=O) groups excluding carboxylic acids is 3. The first kappa shape index (κ1) is 28.4. The first-order valence-electron chi connectivity index (χ1n) is 12.7. The van der Waals surface area contributed by atoms with Gasteiger partial charge in [-0.2, -0.15) is 5.26 Å².